The van der Waals surface area contributed by atoms with Gasteiger partial charge in [0.25, 0.3) is 0 Å². The van der Waals surface area contributed by atoms with Crippen LogP contribution in [-0.2, 0) is 6.42 Å². The highest BCUT2D eigenvalue weighted by Crippen LogP contribution is 2.49. The number of para-hydroxylation sites is 1. The van der Waals surface area contributed by atoms with E-state index in [2.05, 4.69) is 241 Å². The summed E-state index contributed by atoms with van der Waals surface area (Å²) < 4.78 is 2.48. The standard InChI is InChI=1S/C66H43N/c1-3-17-45-39-47(31-29-42(45)15-1)64-57-25-9-10-26-58(57)66(48-32-30-43-16-2-4-18-46(43)40-48)60-41-49(35-38-59(60)64)65-55-23-7-5-21-53(55)63(54-22-6-8-24-56(54)65)44-33-36-50(37-34-44)67-61-27-13-11-19-51(61)52-20-12-14-28-62(52)67/h1-13,15-27,29-41H,14,28H2. The zero-order chi connectivity index (χ0) is 44.0. The van der Waals surface area contributed by atoms with Gasteiger partial charge < -0.3 is 4.57 Å². The molecule has 1 aromatic heterocycles. The molecule has 1 heterocycles. The summed E-state index contributed by atoms with van der Waals surface area (Å²) in [7, 11) is 0. The number of nitrogens with zero attached hydrogens (tertiary/aromatic N) is 1. The van der Waals surface area contributed by atoms with Crippen molar-refractivity contribution < 1.29 is 0 Å². The molecule has 14 rings (SSSR count). The molecule has 0 saturated heterocycles. The number of rotatable bonds is 5. The first-order chi connectivity index (χ1) is 33.2. The minimum Gasteiger partial charge on any atom is -0.313 e. The van der Waals surface area contributed by atoms with Gasteiger partial charge in [-0.1, -0.05) is 200 Å². The second-order valence-electron chi connectivity index (χ2n) is 18.2. The van der Waals surface area contributed by atoms with Crippen LogP contribution >= 0.6 is 0 Å². The first-order valence-corrected chi connectivity index (χ1v) is 23.6. The van der Waals surface area contributed by atoms with Crippen LogP contribution in [0.2, 0.25) is 0 Å². The quantitative estimate of drug-likeness (QED) is 0.152. The zero-order valence-corrected chi connectivity index (χ0v) is 36.9. The van der Waals surface area contributed by atoms with Gasteiger partial charge in [0, 0.05) is 22.3 Å². The predicted octanol–water partition coefficient (Wildman–Crippen LogP) is 18.2. The summed E-state index contributed by atoms with van der Waals surface area (Å²) in [6.45, 7) is 0. The van der Waals surface area contributed by atoms with Crippen LogP contribution in [0.3, 0.4) is 0 Å². The molecule has 67 heavy (non-hydrogen) atoms. The van der Waals surface area contributed by atoms with Gasteiger partial charge in [-0.25, -0.2) is 0 Å². The van der Waals surface area contributed by atoms with E-state index in [9.17, 15) is 0 Å². The molecule has 0 atom stereocenters. The van der Waals surface area contributed by atoms with E-state index in [1.54, 1.807) is 0 Å². The number of hydrogen-bond acceptors (Lipinski definition) is 0. The average molecular weight is 850 g/mol. The van der Waals surface area contributed by atoms with Gasteiger partial charge in [0.05, 0.1) is 5.52 Å². The molecule has 13 aromatic rings. The first-order valence-electron chi connectivity index (χ1n) is 23.6. The van der Waals surface area contributed by atoms with Crippen molar-refractivity contribution in [1.29, 1.82) is 0 Å². The smallest absolute Gasteiger partial charge is 0.0537 e. The maximum absolute atomic E-state index is 2.50. The number of benzene rings is 12. The molecule has 0 N–H and O–H groups in total. The summed E-state index contributed by atoms with van der Waals surface area (Å²) in [6.07, 6.45) is 6.74. The minimum absolute atomic E-state index is 1.04. The molecule has 0 radical (unpaired) electrons. The van der Waals surface area contributed by atoms with Gasteiger partial charge in [0.2, 0.25) is 0 Å². The van der Waals surface area contributed by atoms with Crippen LogP contribution in [-0.4, -0.2) is 4.57 Å². The molecular formula is C66H43N. The molecule has 0 bridgehead atoms. The topological polar surface area (TPSA) is 4.93 Å². The first kappa shape index (κ1) is 37.8. The van der Waals surface area contributed by atoms with Crippen LogP contribution in [0.15, 0.2) is 231 Å². The Balaban J connectivity index is 1.01. The fourth-order valence-corrected chi connectivity index (χ4v) is 11.6. The summed E-state index contributed by atoms with van der Waals surface area (Å²) in [6, 6.07) is 84.0. The maximum Gasteiger partial charge on any atom is 0.0537 e. The summed E-state index contributed by atoms with van der Waals surface area (Å²) in [5, 5.41) is 16.3. The van der Waals surface area contributed by atoms with Gasteiger partial charge in [-0.05, 0) is 158 Å². The van der Waals surface area contributed by atoms with E-state index in [1.165, 1.54) is 137 Å². The molecule has 0 aliphatic heterocycles. The van der Waals surface area contributed by atoms with Gasteiger partial charge in [0.15, 0.2) is 0 Å². The molecule has 1 aliphatic carbocycles. The molecular weight excluding hydrogens is 807 g/mol. The number of allylic oxidation sites excluding steroid dienone is 1. The summed E-state index contributed by atoms with van der Waals surface area (Å²) in [4.78, 5) is 0. The number of aromatic nitrogens is 1. The fraction of sp³-hybridized carbons (Fsp3) is 0.0303. The van der Waals surface area contributed by atoms with Crippen LogP contribution in [0.5, 0.6) is 0 Å². The van der Waals surface area contributed by atoms with Crippen molar-refractivity contribution in [1.82, 2.24) is 4.57 Å². The highest BCUT2D eigenvalue weighted by molar-refractivity contribution is 6.25. The lowest BCUT2D eigenvalue weighted by Gasteiger charge is -2.21. The second kappa shape index (κ2) is 15.0. The SMILES string of the molecule is C1=Cc2c(n(-c3ccc(-c4c5ccccc5c(-c5ccc6c(-c7ccc8ccccc8c7)c7ccccc7c(-c7ccc8ccccc8c7)c6c5)c5ccccc45)cc3)c3ccccc23)CC1. The Morgan fingerprint density at radius 2 is 0.701 bits per heavy atom. The fourth-order valence-electron chi connectivity index (χ4n) is 11.6. The van der Waals surface area contributed by atoms with Crippen molar-refractivity contribution in [3.05, 3.63) is 242 Å². The highest BCUT2D eigenvalue weighted by atomic mass is 15.0. The lowest BCUT2D eigenvalue weighted by Crippen LogP contribution is -2.02. The highest BCUT2D eigenvalue weighted by Gasteiger charge is 2.22. The second-order valence-corrected chi connectivity index (χ2v) is 18.2. The van der Waals surface area contributed by atoms with Crippen molar-refractivity contribution in [3.63, 3.8) is 0 Å². The molecule has 12 aromatic carbocycles. The van der Waals surface area contributed by atoms with Crippen molar-refractivity contribution in [2.75, 3.05) is 0 Å². The number of fused-ring (bicyclic) bond motifs is 9. The normalized spacial score (nSPS) is 12.6. The van der Waals surface area contributed by atoms with Gasteiger partial charge in [0.1, 0.15) is 0 Å². The molecule has 1 aliphatic rings. The van der Waals surface area contributed by atoms with E-state index in [-0.39, 0.29) is 0 Å². The van der Waals surface area contributed by atoms with Crippen molar-refractivity contribution in [3.8, 4) is 50.2 Å². The van der Waals surface area contributed by atoms with Gasteiger partial charge in [-0.2, -0.15) is 0 Å². The molecule has 0 unspecified atom stereocenters. The Morgan fingerprint density at radius 1 is 0.299 bits per heavy atom. The van der Waals surface area contributed by atoms with E-state index < -0.39 is 0 Å². The molecule has 0 spiro atoms. The predicted molar refractivity (Wildman–Crippen MR) is 287 cm³/mol. The van der Waals surface area contributed by atoms with E-state index >= 15 is 0 Å². The van der Waals surface area contributed by atoms with Gasteiger partial charge >= 0.3 is 0 Å². The summed E-state index contributed by atoms with van der Waals surface area (Å²) in [5.74, 6) is 0. The maximum atomic E-state index is 2.50. The monoisotopic (exact) mass is 849 g/mol. The molecule has 0 fully saturated rings. The average Bonchev–Trinajstić information content (AvgIpc) is 3.73. The van der Waals surface area contributed by atoms with Crippen molar-refractivity contribution in [2.24, 2.45) is 0 Å². The van der Waals surface area contributed by atoms with E-state index in [1.807, 2.05) is 0 Å². The third-order valence-corrected chi connectivity index (χ3v) is 14.6. The number of hydrogen-bond donors (Lipinski definition) is 0. The Bertz CT molecular complexity index is 4140. The van der Waals surface area contributed by atoms with Gasteiger partial charge in [-0.3, -0.25) is 0 Å². The van der Waals surface area contributed by atoms with Crippen LogP contribution in [0.1, 0.15) is 17.7 Å². The van der Waals surface area contributed by atoms with Crippen molar-refractivity contribution >= 4 is 81.6 Å². The molecule has 1 heteroatoms. The van der Waals surface area contributed by atoms with E-state index in [4.69, 9.17) is 0 Å². The van der Waals surface area contributed by atoms with E-state index in [0.717, 1.165) is 12.8 Å². The van der Waals surface area contributed by atoms with Crippen LogP contribution in [0.25, 0.3) is 132 Å². The van der Waals surface area contributed by atoms with Crippen LogP contribution in [0, 0.1) is 0 Å². The Morgan fingerprint density at radius 3 is 1.25 bits per heavy atom. The summed E-state index contributed by atoms with van der Waals surface area (Å²) >= 11 is 0. The third kappa shape index (κ3) is 5.88. The third-order valence-electron chi connectivity index (χ3n) is 14.6. The molecule has 0 saturated carbocycles. The largest absolute Gasteiger partial charge is 0.313 e. The molecule has 312 valence electrons. The molecule has 0 amide bonds. The zero-order valence-electron chi connectivity index (χ0n) is 36.9. The lowest BCUT2D eigenvalue weighted by molar-refractivity contribution is 0.888. The Labute approximate surface area is 389 Å². The van der Waals surface area contributed by atoms with Gasteiger partial charge in [-0.15, -0.1) is 0 Å². The molecule has 1 nitrogen and oxygen atoms in total. The Hall–Kier alpha value is -8.52. The Kier molecular flexibility index (Phi) is 8.48. The van der Waals surface area contributed by atoms with E-state index in [0.29, 0.717) is 0 Å². The van der Waals surface area contributed by atoms with Crippen LogP contribution in [0.4, 0.5) is 0 Å². The lowest BCUT2D eigenvalue weighted by atomic mass is 9.82. The minimum atomic E-state index is 1.04. The summed E-state index contributed by atoms with van der Waals surface area (Å²) in [5.41, 5.74) is 15.2. The van der Waals surface area contributed by atoms with Crippen LogP contribution < -0.4 is 0 Å². The van der Waals surface area contributed by atoms with Crippen molar-refractivity contribution in [2.45, 2.75) is 12.8 Å².